The molecule has 3 rings (SSSR count). The summed E-state index contributed by atoms with van der Waals surface area (Å²) in [7, 11) is 1.82. The highest BCUT2D eigenvalue weighted by atomic mass is 16.5. The first-order chi connectivity index (χ1) is 15.0. The van der Waals surface area contributed by atoms with Crippen molar-refractivity contribution >= 4 is 12.1 Å². The summed E-state index contributed by atoms with van der Waals surface area (Å²) in [4.78, 5) is 16.4. The van der Waals surface area contributed by atoms with Crippen molar-refractivity contribution < 1.29 is 9.84 Å². The van der Waals surface area contributed by atoms with Crippen molar-refractivity contribution in [2.75, 3.05) is 13.2 Å². The third-order valence-electron chi connectivity index (χ3n) is 4.37. The van der Waals surface area contributed by atoms with E-state index < -0.39 is 0 Å². The van der Waals surface area contributed by atoms with Crippen LogP contribution in [0.1, 0.15) is 18.1 Å². The number of hydrogen-bond acceptors (Lipinski definition) is 6. The summed E-state index contributed by atoms with van der Waals surface area (Å²) in [6.45, 7) is 2.11. The van der Waals surface area contributed by atoms with E-state index >= 15 is 0 Å². The Morgan fingerprint density at radius 1 is 1.32 bits per heavy atom. The molecule has 0 aliphatic rings. The highest BCUT2D eigenvalue weighted by molar-refractivity contribution is 6.02. The number of aromatic nitrogens is 4. The predicted octanol–water partition coefficient (Wildman–Crippen LogP) is 2.00. The molecule has 0 amide bonds. The minimum Gasteiger partial charge on any atom is -0.490 e. The number of nitrogens with one attached hydrogen (secondary N) is 1. The average molecular weight is 420 g/mol. The molecule has 2 aromatic heterocycles. The van der Waals surface area contributed by atoms with E-state index in [9.17, 15) is 4.79 Å². The molecule has 9 heteroatoms. The third-order valence-corrected chi connectivity index (χ3v) is 4.37. The Morgan fingerprint density at radius 3 is 2.87 bits per heavy atom. The molecule has 0 radical (unpaired) electrons. The van der Waals surface area contributed by atoms with Crippen molar-refractivity contribution in [3.8, 4) is 11.3 Å². The fourth-order valence-corrected chi connectivity index (χ4v) is 2.82. The highest BCUT2D eigenvalue weighted by Crippen LogP contribution is 2.14. The molecule has 31 heavy (non-hydrogen) atoms. The van der Waals surface area contributed by atoms with E-state index in [2.05, 4.69) is 15.2 Å². The largest absolute Gasteiger partial charge is 0.490 e. The van der Waals surface area contributed by atoms with Gasteiger partial charge in [0.1, 0.15) is 12.4 Å². The molecule has 0 unspecified atom stereocenters. The van der Waals surface area contributed by atoms with E-state index in [0.29, 0.717) is 17.0 Å². The molecule has 160 valence electrons. The number of amidine groups is 1. The summed E-state index contributed by atoms with van der Waals surface area (Å²) >= 11 is 0. The van der Waals surface area contributed by atoms with Crippen LogP contribution in [0.3, 0.4) is 0 Å². The lowest BCUT2D eigenvalue weighted by Gasteiger charge is -2.08. The minimum absolute atomic E-state index is 0.0539. The van der Waals surface area contributed by atoms with Gasteiger partial charge < -0.3 is 9.84 Å². The van der Waals surface area contributed by atoms with Gasteiger partial charge in [-0.15, -0.1) is 0 Å². The van der Waals surface area contributed by atoms with Crippen molar-refractivity contribution in [2.45, 2.75) is 13.5 Å². The van der Waals surface area contributed by atoms with Crippen LogP contribution in [0.2, 0.25) is 0 Å². The van der Waals surface area contributed by atoms with Gasteiger partial charge in [0, 0.05) is 30.4 Å². The monoisotopic (exact) mass is 420 g/mol. The van der Waals surface area contributed by atoms with Crippen LogP contribution in [0.5, 0.6) is 0 Å². The Balaban J connectivity index is 1.78. The summed E-state index contributed by atoms with van der Waals surface area (Å²) in [5.74, 6) is 0.524. The van der Waals surface area contributed by atoms with Gasteiger partial charge in [0.15, 0.2) is 5.84 Å². The summed E-state index contributed by atoms with van der Waals surface area (Å²) in [6, 6.07) is 10.4. The standard InChI is InChI=1S/C22H24N6O3/c1-3-19(31-10-9-29)13-24-22(23)17-6-4-5-16(11-17)14-28-21(30)8-7-20(26-28)18-12-25-27(2)15-18/h3-8,11-13,15,23,29H,9-10,14H2,1-2H3/b19-3+,23-22?,24-13?. The van der Waals surface area contributed by atoms with Crippen molar-refractivity contribution in [3.63, 3.8) is 0 Å². The summed E-state index contributed by atoms with van der Waals surface area (Å²) in [5, 5.41) is 25.7. The molecule has 0 aliphatic carbocycles. The van der Waals surface area contributed by atoms with E-state index in [1.807, 2.05) is 25.4 Å². The maximum atomic E-state index is 12.3. The Morgan fingerprint density at radius 2 is 2.16 bits per heavy atom. The average Bonchev–Trinajstić information content (AvgIpc) is 3.21. The molecule has 0 saturated carbocycles. The Kier molecular flexibility index (Phi) is 7.23. The zero-order valence-corrected chi connectivity index (χ0v) is 17.4. The molecule has 0 bridgehead atoms. The Labute approximate surface area is 179 Å². The first kappa shape index (κ1) is 21.8. The first-order valence-corrected chi connectivity index (χ1v) is 9.69. The molecule has 0 aliphatic heterocycles. The van der Waals surface area contributed by atoms with Gasteiger partial charge in [0.05, 0.1) is 31.3 Å². The summed E-state index contributed by atoms with van der Waals surface area (Å²) < 4.78 is 8.37. The van der Waals surface area contributed by atoms with Crippen molar-refractivity contribution in [2.24, 2.45) is 12.0 Å². The Bertz CT molecular complexity index is 1180. The number of benzene rings is 1. The molecular weight excluding hydrogens is 396 g/mol. The second-order valence-electron chi connectivity index (χ2n) is 6.69. The minimum atomic E-state index is -0.218. The van der Waals surface area contributed by atoms with Gasteiger partial charge in [-0.1, -0.05) is 18.2 Å². The quantitative estimate of drug-likeness (QED) is 0.328. The number of rotatable bonds is 8. The van der Waals surface area contributed by atoms with Crippen molar-refractivity contribution in [1.29, 1.82) is 5.41 Å². The number of aliphatic hydroxyl groups is 1. The van der Waals surface area contributed by atoms with Gasteiger partial charge in [-0.3, -0.25) is 14.9 Å². The lowest BCUT2D eigenvalue weighted by Crippen LogP contribution is -2.22. The van der Waals surface area contributed by atoms with Gasteiger partial charge in [-0.25, -0.2) is 9.67 Å². The zero-order chi connectivity index (χ0) is 22.2. The van der Waals surface area contributed by atoms with Gasteiger partial charge >= 0.3 is 0 Å². The van der Waals surface area contributed by atoms with Crippen LogP contribution < -0.4 is 5.56 Å². The molecule has 1 aromatic carbocycles. The molecule has 9 nitrogen and oxygen atoms in total. The number of hydrogen-bond donors (Lipinski definition) is 2. The number of aliphatic imine (C=N–C) groups is 1. The van der Waals surface area contributed by atoms with E-state index in [-0.39, 0.29) is 31.2 Å². The fourth-order valence-electron chi connectivity index (χ4n) is 2.82. The van der Waals surface area contributed by atoms with Gasteiger partial charge in [-0.2, -0.15) is 10.2 Å². The second kappa shape index (κ2) is 10.3. The molecule has 2 N–H and O–H groups in total. The van der Waals surface area contributed by atoms with E-state index in [4.69, 9.17) is 15.3 Å². The van der Waals surface area contributed by atoms with Crippen LogP contribution in [0.4, 0.5) is 0 Å². The van der Waals surface area contributed by atoms with Gasteiger partial charge in [0.25, 0.3) is 5.56 Å². The lowest BCUT2D eigenvalue weighted by molar-refractivity contribution is 0.156. The summed E-state index contributed by atoms with van der Waals surface area (Å²) in [5.41, 5.74) is 2.68. The smallest absolute Gasteiger partial charge is 0.267 e. The normalized spacial score (nSPS) is 11.8. The maximum Gasteiger partial charge on any atom is 0.267 e. The van der Waals surface area contributed by atoms with E-state index in [1.165, 1.54) is 17.0 Å². The number of ether oxygens (including phenoxy) is 1. The lowest BCUT2D eigenvalue weighted by atomic mass is 10.1. The van der Waals surface area contributed by atoms with Crippen LogP contribution in [0.25, 0.3) is 11.3 Å². The Hall–Kier alpha value is -3.85. The van der Waals surface area contributed by atoms with Gasteiger partial charge in [-0.05, 0) is 30.7 Å². The molecule has 0 fully saturated rings. The first-order valence-electron chi connectivity index (χ1n) is 9.69. The second-order valence-corrected chi connectivity index (χ2v) is 6.69. The molecular formula is C22H24N6O3. The predicted molar refractivity (Wildman–Crippen MR) is 118 cm³/mol. The number of aliphatic hydroxyl groups excluding tert-OH is 1. The maximum absolute atomic E-state index is 12.3. The molecule has 0 atom stereocenters. The number of aryl methyl sites for hydroxylation is 1. The molecule has 0 spiro atoms. The summed E-state index contributed by atoms with van der Waals surface area (Å²) in [6.07, 6.45) is 6.67. The molecule has 2 heterocycles. The zero-order valence-electron chi connectivity index (χ0n) is 17.4. The number of allylic oxidation sites excluding steroid dienone is 2. The van der Waals surface area contributed by atoms with Gasteiger partial charge in [0.2, 0.25) is 0 Å². The van der Waals surface area contributed by atoms with Crippen molar-refractivity contribution in [1.82, 2.24) is 19.6 Å². The topological polar surface area (TPSA) is 118 Å². The SMILES string of the molecule is C/C=C(\C=NC(=N)c1cccc(Cn2nc(-c3cnn(C)c3)ccc2=O)c1)OCCO. The van der Waals surface area contributed by atoms with Crippen molar-refractivity contribution in [3.05, 3.63) is 82.1 Å². The molecule has 3 aromatic rings. The van der Waals surface area contributed by atoms with Crippen LogP contribution >= 0.6 is 0 Å². The van der Waals surface area contributed by atoms with E-state index in [0.717, 1.165) is 11.1 Å². The third kappa shape index (κ3) is 5.83. The molecule has 0 saturated heterocycles. The van der Waals surface area contributed by atoms with Crippen LogP contribution in [-0.2, 0) is 18.3 Å². The number of nitrogens with zero attached hydrogens (tertiary/aromatic N) is 5. The van der Waals surface area contributed by atoms with E-state index in [1.54, 1.807) is 42.1 Å². The fraction of sp³-hybridized carbons (Fsp3) is 0.227. The van der Waals surface area contributed by atoms with Crippen LogP contribution in [0.15, 0.2) is 70.4 Å². The van der Waals surface area contributed by atoms with Crippen LogP contribution in [-0.4, -0.2) is 49.9 Å². The van der Waals surface area contributed by atoms with Crippen LogP contribution in [0, 0.1) is 5.41 Å². The highest BCUT2D eigenvalue weighted by Gasteiger charge is 2.07.